The van der Waals surface area contributed by atoms with E-state index in [0.717, 1.165) is 49.5 Å². The molecule has 0 aromatic rings. The Morgan fingerprint density at radius 1 is 0.957 bits per heavy atom. The number of ether oxygens (including phenoxy) is 1. The van der Waals surface area contributed by atoms with Crippen molar-refractivity contribution in [1.82, 2.24) is 0 Å². The molecule has 0 amide bonds. The van der Waals surface area contributed by atoms with E-state index in [9.17, 15) is 9.18 Å². The molecule has 23 heavy (non-hydrogen) atoms. The topological polar surface area (TPSA) is 26.3 Å². The molecule has 0 spiro atoms. The largest absolute Gasteiger partial charge is 0.427 e. The first-order chi connectivity index (χ1) is 11.0. The molecule has 2 nitrogen and oxygen atoms in total. The first-order valence-electron chi connectivity index (χ1n) is 8.88. The lowest BCUT2D eigenvalue weighted by Crippen LogP contribution is -2.28. The minimum Gasteiger partial charge on any atom is -0.427 e. The third kappa shape index (κ3) is 5.63. The Balaban J connectivity index is 1.74. The van der Waals surface area contributed by atoms with Crippen molar-refractivity contribution in [2.75, 3.05) is 0 Å². The van der Waals surface area contributed by atoms with Gasteiger partial charge in [-0.25, -0.2) is 4.39 Å². The highest BCUT2D eigenvalue weighted by Crippen LogP contribution is 2.41. The van der Waals surface area contributed by atoms with Crippen LogP contribution < -0.4 is 0 Å². The van der Waals surface area contributed by atoms with E-state index in [1.54, 1.807) is 0 Å². The molecule has 0 heterocycles. The lowest BCUT2D eigenvalue weighted by molar-refractivity contribution is -0.145. The number of hydrogen-bond donors (Lipinski definition) is 0. The molecular weight excluding hydrogens is 291 g/mol. The van der Waals surface area contributed by atoms with Crippen molar-refractivity contribution in [3.05, 3.63) is 36.9 Å². The molecule has 0 N–H and O–H groups in total. The summed E-state index contributed by atoms with van der Waals surface area (Å²) in [7, 11) is 0. The molecule has 0 aliphatic heterocycles. The minimum atomic E-state index is -0.579. The van der Waals surface area contributed by atoms with Gasteiger partial charge in [-0.2, -0.15) is 0 Å². The summed E-state index contributed by atoms with van der Waals surface area (Å²) in [6, 6.07) is 0. The maximum atomic E-state index is 12.5. The van der Waals surface area contributed by atoms with Crippen LogP contribution in [0.1, 0.15) is 58.3 Å². The van der Waals surface area contributed by atoms with Gasteiger partial charge in [-0.1, -0.05) is 32.9 Å². The summed E-state index contributed by atoms with van der Waals surface area (Å²) < 4.78 is 17.7. The Bertz CT molecular complexity index is 464. The Kier molecular flexibility index (Phi) is 6.61. The van der Waals surface area contributed by atoms with Crippen molar-refractivity contribution in [1.29, 1.82) is 0 Å². The molecule has 0 atom stereocenters. The number of allylic oxidation sites excluding steroid dienone is 3. The summed E-state index contributed by atoms with van der Waals surface area (Å²) in [6.45, 7) is 9.09. The summed E-state index contributed by atoms with van der Waals surface area (Å²) in [6.07, 6.45) is 12.0. The van der Waals surface area contributed by atoms with Crippen molar-refractivity contribution < 1.29 is 13.9 Å². The summed E-state index contributed by atoms with van der Waals surface area (Å²) in [5.41, 5.74) is 0. The van der Waals surface area contributed by atoms with Gasteiger partial charge in [0.05, 0.1) is 5.92 Å². The van der Waals surface area contributed by atoms with Gasteiger partial charge in [0.1, 0.15) is 11.6 Å². The highest BCUT2D eigenvalue weighted by atomic mass is 19.1. The van der Waals surface area contributed by atoms with Crippen molar-refractivity contribution in [3.63, 3.8) is 0 Å². The number of halogens is 1. The van der Waals surface area contributed by atoms with Crippen LogP contribution in [0.2, 0.25) is 0 Å². The van der Waals surface area contributed by atoms with Gasteiger partial charge in [0.15, 0.2) is 0 Å². The normalized spacial score (nSPS) is 31.7. The minimum absolute atomic E-state index is 0.0347. The molecule has 128 valence electrons. The Morgan fingerprint density at radius 3 is 2.00 bits per heavy atom. The number of carbonyl (C=O) groups excluding carboxylic acids is 1. The fourth-order valence-electron chi connectivity index (χ4n) is 4.01. The number of carbonyl (C=O) groups is 1. The molecule has 0 aromatic carbocycles. The third-order valence-corrected chi connectivity index (χ3v) is 5.51. The first kappa shape index (κ1) is 18.0. The Morgan fingerprint density at radius 2 is 1.48 bits per heavy atom. The van der Waals surface area contributed by atoms with E-state index in [-0.39, 0.29) is 17.6 Å². The van der Waals surface area contributed by atoms with Crippen LogP contribution >= 0.6 is 0 Å². The molecular formula is C20H29FO2. The number of esters is 1. The fourth-order valence-corrected chi connectivity index (χ4v) is 4.01. The zero-order valence-corrected chi connectivity index (χ0v) is 14.2. The molecule has 2 saturated carbocycles. The van der Waals surface area contributed by atoms with Crippen molar-refractivity contribution in [2.24, 2.45) is 23.7 Å². The molecule has 2 aliphatic rings. The molecule has 0 radical (unpaired) electrons. The van der Waals surface area contributed by atoms with Gasteiger partial charge in [0.25, 0.3) is 0 Å². The highest BCUT2D eigenvalue weighted by Gasteiger charge is 2.32. The van der Waals surface area contributed by atoms with Crippen LogP contribution in [0.5, 0.6) is 0 Å². The molecule has 2 aliphatic carbocycles. The zero-order chi connectivity index (χ0) is 16.8. The monoisotopic (exact) mass is 320 g/mol. The second-order valence-corrected chi connectivity index (χ2v) is 7.30. The standard InChI is InChI=1S/C20H29FO2/c1-14-4-8-17(9-5-14)18-10-12-19(13-11-18)20(22)23-16(3)7-6-15(2)21/h6-7,14,17-19H,2-5,8-13H2,1H3/b7-6-. The van der Waals surface area contributed by atoms with E-state index in [0.29, 0.717) is 0 Å². The first-order valence-corrected chi connectivity index (χ1v) is 8.88. The summed E-state index contributed by atoms with van der Waals surface area (Å²) in [4.78, 5) is 12.1. The number of rotatable bonds is 5. The van der Waals surface area contributed by atoms with E-state index in [4.69, 9.17) is 4.74 Å². The molecule has 2 rings (SSSR count). The lowest BCUT2D eigenvalue weighted by atomic mass is 9.69. The van der Waals surface area contributed by atoms with Crippen LogP contribution in [0.4, 0.5) is 4.39 Å². The highest BCUT2D eigenvalue weighted by molar-refractivity contribution is 5.73. The molecule has 0 aromatic heterocycles. The van der Waals surface area contributed by atoms with Gasteiger partial charge < -0.3 is 4.74 Å². The molecule has 3 heteroatoms. The van der Waals surface area contributed by atoms with Gasteiger partial charge in [0.2, 0.25) is 0 Å². The van der Waals surface area contributed by atoms with E-state index < -0.39 is 5.83 Å². The van der Waals surface area contributed by atoms with Gasteiger partial charge in [-0.3, -0.25) is 4.79 Å². The zero-order valence-electron chi connectivity index (χ0n) is 14.2. The average Bonchev–Trinajstić information content (AvgIpc) is 2.54. The maximum Gasteiger partial charge on any atom is 0.314 e. The van der Waals surface area contributed by atoms with Crippen LogP contribution in [0.15, 0.2) is 36.9 Å². The van der Waals surface area contributed by atoms with Gasteiger partial charge in [-0.15, -0.1) is 0 Å². The van der Waals surface area contributed by atoms with Crippen LogP contribution in [-0.4, -0.2) is 5.97 Å². The quantitative estimate of drug-likeness (QED) is 0.368. The van der Waals surface area contributed by atoms with Crippen LogP contribution in [-0.2, 0) is 9.53 Å². The van der Waals surface area contributed by atoms with E-state index in [1.165, 1.54) is 31.8 Å². The number of hydrogen-bond acceptors (Lipinski definition) is 2. The van der Waals surface area contributed by atoms with Crippen LogP contribution in [0.25, 0.3) is 0 Å². The second kappa shape index (κ2) is 8.47. The van der Waals surface area contributed by atoms with Gasteiger partial charge >= 0.3 is 5.97 Å². The third-order valence-electron chi connectivity index (χ3n) is 5.51. The predicted molar refractivity (Wildman–Crippen MR) is 91.2 cm³/mol. The van der Waals surface area contributed by atoms with Gasteiger partial charge in [-0.05, 0) is 68.4 Å². The van der Waals surface area contributed by atoms with Crippen LogP contribution in [0.3, 0.4) is 0 Å². The molecule has 0 unspecified atom stereocenters. The average molecular weight is 320 g/mol. The molecule has 2 fully saturated rings. The van der Waals surface area contributed by atoms with E-state index >= 15 is 0 Å². The summed E-state index contributed by atoms with van der Waals surface area (Å²) in [5, 5.41) is 0. The summed E-state index contributed by atoms with van der Waals surface area (Å²) in [5.74, 6) is 1.87. The van der Waals surface area contributed by atoms with Crippen LogP contribution in [0, 0.1) is 23.7 Å². The Labute approximate surface area is 139 Å². The van der Waals surface area contributed by atoms with Crippen molar-refractivity contribution in [3.8, 4) is 0 Å². The van der Waals surface area contributed by atoms with Crippen molar-refractivity contribution >= 4 is 5.97 Å². The predicted octanol–water partition coefficient (Wildman–Crippen LogP) is 5.72. The fraction of sp³-hybridized carbons (Fsp3) is 0.650. The smallest absolute Gasteiger partial charge is 0.314 e. The maximum absolute atomic E-state index is 12.5. The second-order valence-electron chi connectivity index (χ2n) is 7.30. The molecule has 0 bridgehead atoms. The SMILES string of the molecule is C=C(F)/C=C\C(=C)OC(=O)C1CCC(C2CCC(C)CC2)CC1. The lowest BCUT2D eigenvalue weighted by Gasteiger charge is -2.36. The van der Waals surface area contributed by atoms with Crippen molar-refractivity contribution in [2.45, 2.75) is 58.3 Å². The Hall–Kier alpha value is -1.38. The molecule has 0 saturated heterocycles. The van der Waals surface area contributed by atoms with E-state index in [1.807, 2.05) is 0 Å². The van der Waals surface area contributed by atoms with E-state index in [2.05, 4.69) is 20.1 Å². The summed E-state index contributed by atoms with van der Waals surface area (Å²) >= 11 is 0. The van der Waals surface area contributed by atoms with Gasteiger partial charge in [0, 0.05) is 0 Å².